The largest absolute Gasteiger partial charge is 0.384 e. The molecule has 0 spiro atoms. The van der Waals surface area contributed by atoms with E-state index in [0.717, 1.165) is 23.1 Å². The molecule has 0 radical (unpaired) electrons. The van der Waals surface area contributed by atoms with Gasteiger partial charge in [0, 0.05) is 49.1 Å². The number of hydrogen-bond acceptors (Lipinski definition) is 3. The molecule has 2 aromatic rings. The van der Waals surface area contributed by atoms with E-state index in [-0.39, 0.29) is 5.91 Å². The predicted molar refractivity (Wildman–Crippen MR) is 97.6 cm³/mol. The number of carbonyl (C=O) groups excluding carboxylic acids is 1. The van der Waals surface area contributed by atoms with Gasteiger partial charge in [-0.1, -0.05) is 6.07 Å². The van der Waals surface area contributed by atoms with Crippen LogP contribution in [-0.4, -0.2) is 35.9 Å². The maximum Gasteiger partial charge on any atom is 0.224 e. The average molecular weight is 376 g/mol. The Balaban J connectivity index is 1.73. The number of amides is 1. The normalized spacial score (nSPS) is 10.4. The number of pyridine rings is 1. The molecule has 0 aliphatic rings. The minimum Gasteiger partial charge on any atom is -0.384 e. The summed E-state index contributed by atoms with van der Waals surface area (Å²) >= 11 is 3.53. The zero-order valence-electron chi connectivity index (χ0n) is 13.6. The number of aromatic nitrogens is 1. The van der Waals surface area contributed by atoms with Crippen molar-refractivity contribution in [3.8, 4) is 0 Å². The van der Waals surface area contributed by atoms with E-state index in [1.165, 1.54) is 11.1 Å². The average Bonchev–Trinajstić information content (AvgIpc) is 2.55. The van der Waals surface area contributed by atoms with Crippen LogP contribution in [0.25, 0.3) is 0 Å². The van der Waals surface area contributed by atoms with Gasteiger partial charge in [0.1, 0.15) is 0 Å². The number of benzene rings is 1. The molecule has 23 heavy (non-hydrogen) atoms. The van der Waals surface area contributed by atoms with Crippen molar-refractivity contribution in [2.45, 2.75) is 19.8 Å². The second-order valence-corrected chi connectivity index (χ2v) is 6.44. The lowest BCUT2D eigenvalue weighted by atomic mass is 10.2. The molecule has 0 aliphatic heterocycles. The highest BCUT2D eigenvalue weighted by atomic mass is 79.9. The summed E-state index contributed by atoms with van der Waals surface area (Å²) in [6, 6.07) is 10.1. The summed E-state index contributed by atoms with van der Waals surface area (Å²) in [5.74, 6) is 0.148. The summed E-state index contributed by atoms with van der Waals surface area (Å²) in [4.78, 5) is 17.9. The smallest absolute Gasteiger partial charge is 0.224 e. The van der Waals surface area contributed by atoms with Crippen molar-refractivity contribution < 1.29 is 4.79 Å². The zero-order valence-corrected chi connectivity index (χ0v) is 15.1. The first-order chi connectivity index (χ1) is 11.1. The van der Waals surface area contributed by atoms with Crippen LogP contribution < -0.4 is 5.32 Å². The molecule has 0 aliphatic carbocycles. The maximum atomic E-state index is 12.2. The summed E-state index contributed by atoms with van der Waals surface area (Å²) in [7, 11) is 1.85. The lowest BCUT2D eigenvalue weighted by Crippen LogP contribution is -2.30. The van der Waals surface area contributed by atoms with Crippen LogP contribution in [0.5, 0.6) is 0 Å². The Hall–Kier alpha value is -1.88. The quantitative estimate of drug-likeness (QED) is 0.802. The van der Waals surface area contributed by atoms with Crippen molar-refractivity contribution in [3.05, 3.63) is 58.3 Å². The number of rotatable bonds is 7. The van der Waals surface area contributed by atoms with Gasteiger partial charge in [-0.15, -0.1) is 0 Å². The zero-order chi connectivity index (χ0) is 16.7. The Morgan fingerprint density at radius 3 is 2.70 bits per heavy atom. The van der Waals surface area contributed by atoms with E-state index >= 15 is 0 Å². The molecular weight excluding hydrogens is 354 g/mol. The molecule has 1 aromatic heterocycles. The number of anilines is 1. The van der Waals surface area contributed by atoms with Gasteiger partial charge in [0.25, 0.3) is 0 Å². The number of halogens is 1. The van der Waals surface area contributed by atoms with Crippen LogP contribution in [0.15, 0.2) is 47.2 Å². The second kappa shape index (κ2) is 8.67. The van der Waals surface area contributed by atoms with Crippen molar-refractivity contribution >= 4 is 27.5 Å². The van der Waals surface area contributed by atoms with Crippen LogP contribution in [0.1, 0.15) is 17.5 Å². The van der Waals surface area contributed by atoms with Crippen LogP contribution in [0, 0.1) is 6.92 Å². The van der Waals surface area contributed by atoms with Gasteiger partial charge in [-0.2, -0.15) is 0 Å². The van der Waals surface area contributed by atoms with Gasteiger partial charge in [0.2, 0.25) is 5.91 Å². The number of hydrogen-bond donors (Lipinski definition) is 1. The SMILES string of the molecule is Cc1ccc(NCCC(=O)N(C)CCc2ccncc2)c(Br)c1. The van der Waals surface area contributed by atoms with Gasteiger partial charge in [-0.3, -0.25) is 9.78 Å². The third kappa shape index (κ3) is 5.67. The second-order valence-electron chi connectivity index (χ2n) is 5.58. The van der Waals surface area contributed by atoms with Crippen molar-refractivity contribution in [1.82, 2.24) is 9.88 Å². The molecule has 5 heteroatoms. The maximum absolute atomic E-state index is 12.2. The Morgan fingerprint density at radius 2 is 2.00 bits per heavy atom. The molecule has 2 rings (SSSR count). The van der Waals surface area contributed by atoms with Gasteiger partial charge in [-0.25, -0.2) is 0 Å². The number of nitrogens with one attached hydrogen (secondary N) is 1. The van der Waals surface area contributed by atoms with Gasteiger partial charge in [-0.05, 0) is 64.7 Å². The molecule has 1 amide bonds. The van der Waals surface area contributed by atoms with Gasteiger partial charge >= 0.3 is 0 Å². The van der Waals surface area contributed by atoms with E-state index in [2.05, 4.69) is 45.3 Å². The van der Waals surface area contributed by atoms with Gasteiger partial charge < -0.3 is 10.2 Å². The van der Waals surface area contributed by atoms with Crippen LogP contribution in [-0.2, 0) is 11.2 Å². The Morgan fingerprint density at radius 1 is 1.26 bits per heavy atom. The highest BCUT2D eigenvalue weighted by Crippen LogP contribution is 2.23. The van der Waals surface area contributed by atoms with Crippen molar-refractivity contribution in [2.75, 3.05) is 25.5 Å². The molecule has 4 nitrogen and oxygen atoms in total. The molecule has 0 unspecified atom stereocenters. The minimum atomic E-state index is 0.148. The topological polar surface area (TPSA) is 45.2 Å². The Kier molecular flexibility index (Phi) is 6.59. The van der Waals surface area contributed by atoms with Crippen LogP contribution >= 0.6 is 15.9 Å². The van der Waals surface area contributed by atoms with Crippen molar-refractivity contribution in [2.24, 2.45) is 0 Å². The Labute approximate surface area is 146 Å². The standard InChI is InChI=1S/C18H22BrN3O/c1-14-3-4-17(16(19)13-14)21-11-7-18(23)22(2)12-8-15-5-9-20-10-6-15/h3-6,9-10,13,21H,7-8,11-12H2,1-2H3. The molecule has 1 aromatic carbocycles. The van der Waals surface area contributed by atoms with E-state index in [0.29, 0.717) is 13.0 Å². The van der Waals surface area contributed by atoms with Gasteiger partial charge in [0.15, 0.2) is 0 Å². The lowest BCUT2D eigenvalue weighted by molar-refractivity contribution is -0.129. The number of nitrogens with zero attached hydrogens (tertiary/aromatic N) is 2. The molecule has 1 N–H and O–H groups in total. The molecule has 0 bridgehead atoms. The summed E-state index contributed by atoms with van der Waals surface area (Å²) in [5.41, 5.74) is 3.42. The first-order valence-corrected chi connectivity index (χ1v) is 8.48. The number of carbonyl (C=O) groups is 1. The summed E-state index contributed by atoms with van der Waals surface area (Å²) < 4.78 is 1.02. The van der Waals surface area contributed by atoms with Gasteiger partial charge in [0.05, 0.1) is 0 Å². The van der Waals surface area contributed by atoms with E-state index in [1.54, 1.807) is 17.3 Å². The van der Waals surface area contributed by atoms with E-state index < -0.39 is 0 Å². The van der Waals surface area contributed by atoms with E-state index in [9.17, 15) is 4.79 Å². The van der Waals surface area contributed by atoms with Crippen LogP contribution in [0.4, 0.5) is 5.69 Å². The number of likely N-dealkylation sites (N-methyl/N-ethyl adjacent to an activating group) is 1. The summed E-state index contributed by atoms with van der Waals surface area (Å²) in [5, 5.41) is 3.30. The molecule has 0 saturated carbocycles. The molecule has 0 fully saturated rings. The van der Waals surface area contributed by atoms with Crippen molar-refractivity contribution in [3.63, 3.8) is 0 Å². The predicted octanol–water partition coefficient (Wildman–Crippen LogP) is 3.66. The third-order valence-electron chi connectivity index (χ3n) is 3.69. The third-order valence-corrected chi connectivity index (χ3v) is 4.35. The van der Waals surface area contributed by atoms with E-state index in [1.807, 2.05) is 25.2 Å². The Bertz CT molecular complexity index is 646. The molecule has 1 heterocycles. The van der Waals surface area contributed by atoms with Crippen LogP contribution in [0.3, 0.4) is 0 Å². The first-order valence-electron chi connectivity index (χ1n) is 7.69. The van der Waals surface area contributed by atoms with Crippen molar-refractivity contribution in [1.29, 1.82) is 0 Å². The number of aryl methyl sites for hydroxylation is 1. The minimum absolute atomic E-state index is 0.148. The lowest BCUT2D eigenvalue weighted by Gasteiger charge is -2.17. The molecule has 0 saturated heterocycles. The van der Waals surface area contributed by atoms with E-state index in [4.69, 9.17) is 0 Å². The molecular formula is C18H22BrN3O. The summed E-state index contributed by atoms with van der Waals surface area (Å²) in [6.07, 6.45) is 4.88. The fourth-order valence-corrected chi connectivity index (χ4v) is 2.86. The monoisotopic (exact) mass is 375 g/mol. The molecule has 0 atom stereocenters. The highest BCUT2D eigenvalue weighted by Gasteiger charge is 2.09. The molecule has 122 valence electrons. The highest BCUT2D eigenvalue weighted by molar-refractivity contribution is 9.10. The fraction of sp³-hybridized carbons (Fsp3) is 0.333. The summed E-state index contributed by atoms with van der Waals surface area (Å²) in [6.45, 7) is 3.40. The first kappa shape index (κ1) is 17.5. The van der Waals surface area contributed by atoms with Crippen LogP contribution in [0.2, 0.25) is 0 Å². The fourth-order valence-electron chi connectivity index (χ4n) is 2.23.